The number of ether oxygens (including phenoxy) is 1. The molecule has 2 aromatic carbocycles. The number of nitrogens with zero attached hydrogens (tertiary/aromatic N) is 1. The number of ketones is 1. The zero-order valence-electron chi connectivity index (χ0n) is 17.4. The number of carbonyl (C=O) groups is 2. The summed E-state index contributed by atoms with van der Waals surface area (Å²) in [5.41, 5.74) is 3.20. The molecule has 0 bridgehead atoms. The van der Waals surface area contributed by atoms with Gasteiger partial charge >= 0.3 is 0 Å². The second kappa shape index (κ2) is 9.88. The van der Waals surface area contributed by atoms with Crippen molar-refractivity contribution in [1.29, 1.82) is 0 Å². The third-order valence-corrected chi connectivity index (χ3v) is 4.40. The molecule has 4 nitrogen and oxygen atoms in total. The van der Waals surface area contributed by atoms with Crippen LogP contribution in [0.1, 0.15) is 65.0 Å². The van der Waals surface area contributed by atoms with Gasteiger partial charge in [-0.3, -0.25) is 9.59 Å². The lowest BCUT2D eigenvalue weighted by Gasteiger charge is -2.12. The fraction of sp³-hybridized carbons (Fsp3) is 0.333. The molecule has 0 unspecified atom stereocenters. The van der Waals surface area contributed by atoms with Crippen molar-refractivity contribution in [3.63, 3.8) is 0 Å². The normalized spacial score (nSPS) is 11.1. The van der Waals surface area contributed by atoms with Crippen molar-refractivity contribution in [2.45, 2.75) is 33.1 Å². The summed E-state index contributed by atoms with van der Waals surface area (Å²) in [6, 6.07) is 12.8. The summed E-state index contributed by atoms with van der Waals surface area (Å²) >= 11 is 0. The third kappa shape index (κ3) is 5.56. The van der Waals surface area contributed by atoms with Crippen molar-refractivity contribution in [2.24, 2.45) is 0 Å². The molecule has 0 saturated carbocycles. The third-order valence-electron chi connectivity index (χ3n) is 4.40. The molecule has 148 valence electrons. The zero-order valence-corrected chi connectivity index (χ0v) is 17.4. The predicted octanol–water partition coefficient (Wildman–Crippen LogP) is 5.20. The lowest BCUT2D eigenvalue weighted by Crippen LogP contribution is -2.21. The minimum Gasteiger partial charge on any atom is -0.493 e. The van der Waals surface area contributed by atoms with Crippen LogP contribution in [0.5, 0.6) is 5.75 Å². The molecule has 0 atom stereocenters. The van der Waals surface area contributed by atoms with Crippen molar-refractivity contribution < 1.29 is 14.3 Å². The molecule has 4 heteroatoms. The van der Waals surface area contributed by atoms with Gasteiger partial charge in [0.25, 0.3) is 5.91 Å². The number of hydrogen-bond donors (Lipinski definition) is 0. The monoisotopic (exact) mass is 379 g/mol. The zero-order chi connectivity index (χ0) is 20.7. The Labute approximate surface area is 167 Å². The van der Waals surface area contributed by atoms with Gasteiger partial charge in [0.2, 0.25) is 0 Å². The molecular formula is C24H29NO3. The minimum absolute atomic E-state index is 0.0854. The summed E-state index contributed by atoms with van der Waals surface area (Å²) in [6.45, 7) is 6.97. The fourth-order valence-electron chi connectivity index (χ4n) is 2.70. The Morgan fingerprint density at radius 2 is 1.68 bits per heavy atom. The van der Waals surface area contributed by atoms with Gasteiger partial charge in [0.05, 0.1) is 6.61 Å². The van der Waals surface area contributed by atoms with E-state index in [9.17, 15) is 9.59 Å². The summed E-state index contributed by atoms with van der Waals surface area (Å²) in [7, 11) is 3.40. The number of hydrogen-bond acceptors (Lipinski definition) is 3. The maximum atomic E-state index is 12.6. The van der Waals surface area contributed by atoms with Gasteiger partial charge in [0, 0.05) is 30.8 Å². The van der Waals surface area contributed by atoms with Crippen LogP contribution in [-0.4, -0.2) is 37.3 Å². The number of rotatable bonds is 8. The summed E-state index contributed by atoms with van der Waals surface area (Å²) in [5, 5.41) is 0. The Morgan fingerprint density at radius 3 is 2.25 bits per heavy atom. The molecule has 0 radical (unpaired) electrons. The van der Waals surface area contributed by atoms with Gasteiger partial charge in [0.15, 0.2) is 5.78 Å². The average Bonchev–Trinajstić information content (AvgIpc) is 2.70. The first-order valence-electron chi connectivity index (χ1n) is 9.64. The van der Waals surface area contributed by atoms with E-state index in [0.29, 0.717) is 23.7 Å². The van der Waals surface area contributed by atoms with Gasteiger partial charge < -0.3 is 9.64 Å². The topological polar surface area (TPSA) is 46.6 Å². The molecule has 0 spiro atoms. The van der Waals surface area contributed by atoms with Crippen LogP contribution in [0.4, 0.5) is 0 Å². The summed E-state index contributed by atoms with van der Waals surface area (Å²) in [6.07, 6.45) is 4.28. The maximum Gasteiger partial charge on any atom is 0.253 e. The van der Waals surface area contributed by atoms with E-state index in [2.05, 4.69) is 32.9 Å². The molecule has 0 N–H and O–H groups in total. The highest BCUT2D eigenvalue weighted by Crippen LogP contribution is 2.26. The van der Waals surface area contributed by atoms with Crippen LogP contribution in [-0.2, 0) is 0 Å². The largest absolute Gasteiger partial charge is 0.493 e. The second-order valence-corrected chi connectivity index (χ2v) is 7.27. The highest BCUT2D eigenvalue weighted by molar-refractivity contribution is 6.07. The molecule has 28 heavy (non-hydrogen) atoms. The molecular weight excluding hydrogens is 350 g/mol. The van der Waals surface area contributed by atoms with Crippen LogP contribution in [0.3, 0.4) is 0 Å². The first-order chi connectivity index (χ1) is 13.3. The first kappa shape index (κ1) is 21.4. The number of allylic oxidation sites excluding steroid dienone is 1. The van der Waals surface area contributed by atoms with E-state index < -0.39 is 0 Å². The number of carbonyl (C=O) groups excluding carboxylic acids is 2. The Bertz CT molecular complexity index is 849. The van der Waals surface area contributed by atoms with Crippen molar-refractivity contribution in [2.75, 3.05) is 20.7 Å². The van der Waals surface area contributed by atoms with Gasteiger partial charge in [-0.15, -0.1) is 0 Å². The minimum atomic E-state index is -0.111. The van der Waals surface area contributed by atoms with Gasteiger partial charge in [-0.2, -0.15) is 0 Å². The highest BCUT2D eigenvalue weighted by Gasteiger charge is 2.10. The van der Waals surface area contributed by atoms with Crippen LogP contribution in [0.2, 0.25) is 0 Å². The molecule has 2 aromatic rings. The maximum absolute atomic E-state index is 12.6. The lowest BCUT2D eigenvalue weighted by molar-refractivity contribution is 0.0827. The van der Waals surface area contributed by atoms with E-state index in [4.69, 9.17) is 4.74 Å². The van der Waals surface area contributed by atoms with Gasteiger partial charge in [-0.25, -0.2) is 0 Å². The molecule has 1 amide bonds. The molecule has 2 rings (SSSR count). The Balaban J connectivity index is 2.22. The quantitative estimate of drug-likeness (QED) is 0.468. The average molecular weight is 380 g/mol. The van der Waals surface area contributed by atoms with Crippen LogP contribution in [0, 0.1) is 0 Å². The van der Waals surface area contributed by atoms with Crippen molar-refractivity contribution in [1.82, 2.24) is 4.90 Å². The predicted molar refractivity (Wildman–Crippen MR) is 114 cm³/mol. The number of benzene rings is 2. The van der Waals surface area contributed by atoms with Gasteiger partial charge in [0.1, 0.15) is 5.75 Å². The summed E-state index contributed by atoms with van der Waals surface area (Å²) < 4.78 is 5.82. The molecule has 0 aromatic heterocycles. The van der Waals surface area contributed by atoms with Crippen molar-refractivity contribution >= 4 is 17.8 Å². The Morgan fingerprint density at radius 1 is 1.04 bits per heavy atom. The van der Waals surface area contributed by atoms with Crippen LogP contribution in [0.15, 0.2) is 48.5 Å². The summed E-state index contributed by atoms with van der Waals surface area (Å²) in [4.78, 5) is 26.0. The van der Waals surface area contributed by atoms with E-state index in [-0.39, 0.29) is 11.7 Å². The van der Waals surface area contributed by atoms with Crippen molar-refractivity contribution in [3.05, 3.63) is 70.8 Å². The first-order valence-corrected chi connectivity index (χ1v) is 9.64. The van der Waals surface area contributed by atoms with Gasteiger partial charge in [-0.05, 0) is 54.3 Å². The molecule has 0 aliphatic rings. The SMILES string of the molecule is CCCOc1ccc(C(C)C)cc1C=CC(=O)c1ccc(C(=O)N(C)C)cc1. The Hall–Kier alpha value is -2.88. The second-order valence-electron chi connectivity index (χ2n) is 7.27. The lowest BCUT2D eigenvalue weighted by atomic mass is 9.99. The van der Waals surface area contributed by atoms with E-state index >= 15 is 0 Å². The molecule has 0 fully saturated rings. The van der Waals surface area contributed by atoms with E-state index in [0.717, 1.165) is 17.7 Å². The van der Waals surface area contributed by atoms with E-state index in [1.165, 1.54) is 10.5 Å². The molecule has 0 aliphatic carbocycles. The highest BCUT2D eigenvalue weighted by atomic mass is 16.5. The standard InChI is InChI=1S/C24H29NO3/c1-6-15-28-23-14-12-20(17(2)3)16-21(23)11-13-22(26)18-7-9-19(10-8-18)24(27)25(4)5/h7-14,16-17H,6,15H2,1-5H3. The van der Waals surface area contributed by atoms with Crippen LogP contribution >= 0.6 is 0 Å². The number of amides is 1. The Kier molecular flexibility index (Phi) is 7.56. The molecule has 0 heterocycles. The van der Waals surface area contributed by atoms with Gasteiger partial charge in [-0.1, -0.05) is 39.0 Å². The van der Waals surface area contributed by atoms with Crippen molar-refractivity contribution in [3.8, 4) is 5.75 Å². The van der Waals surface area contributed by atoms with E-state index in [1.54, 1.807) is 50.5 Å². The molecule has 0 aliphatic heterocycles. The summed E-state index contributed by atoms with van der Waals surface area (Å²) in [5.74, 6) is 0.977. The van der Waals surface area contributed by atoms with Crippen LogP contribution in [0.25, 0.3) is 6.08 Å². The van der Waals surface area contributed by atoms with Crippen LogP contribution < -0.4 is 4.74 Å². The molecule has 0 saturated heterocycles. The van der Waals surface area contributed by atoms with E-state index in [1.807, 2.05) is 6.07 Å². The smallest absolute Gasteiger partial charge is 0.253 e. The fourth-order valence-corrected chi connectivity index (χ4v) is 2.70.